The fourth-order valence-electron chi connectivity index (χ4n) is 5.08. The van der Waals surface area contributed by atoms with Crippen molar-refractivity contribution in [3.8, 4) is 5.75 Å². The zero-order chi connectivity index (χ0) is 28.1. The average Bonchev–Trinajstić information content (AvgIpc) is 2.93. The van der Waals surface area contributed by atoms with Gasteiger partial charge in [-0.2, -0.15) is 0 Å². The molecule has 4 nitrogen and oxygen atoms in total. The molecule has 2 unspecified atom stereocenters. The number of hydrogen-bond acceptors (Lipinski definition) is 4. The summed E-state index contributed by atoms with van der Waals surface area (Å²) in [7, 11) is 0. The van der Waals surface area contributed by atoms with Gasteiger partial charge in [0.25, 0.3) is 0 Å². The summed E-state index contributed by atoms with van der Waals surface area (Å²) >= 11 is 3.33. The third-order valence-electron chi connectivity index (χ3n) is 7.36. The van der Waals surface area contributed by atoms with Crippen molar-refractivity contribution in [1.82, 2.24) is 0 Å². The van der Waals surface area contributed by atoms with Crippen LogP contribution in [0.1, 0.15) is 47.8 Å². The van der Waals surface area contributed by atoms with Gasteiger partial charge in [-0.1, -0.05) is 76.6 Å². The molecule has 0 fully saturated rings. The van der Waals surface area contributed by atoms with E-state index in [1.807, 2.05) is 50.2 Å². The first-order chi connectivity index (χ1) is 19.3. The summed E-state index contributed by atoms with van der Waals surface area (Å²) in [6, 6.07) is 29.8. The van der Waals surface area contributed by atoms with E-state index in [-0.39, 0.29) is 12.4 Å². The normalized spacial score (nSPS) is 17.6. The molecule has 4 aromatic carbocycles. The van der Waals surface area contributed by atoms with Gasteiger partial charge in [0.05, 0.1) is 13.2 Å². The Hall–Kier alpha value is -3.19. The molecule has 0 spiro atoms. The van der Waals surface area contributed by atoms with Gasteiger partial charge in [-0.15, -0.1) is 0 Å². The van der Waals surface area contributed by atoms with Crippen molar-refractivity contribution in [3.63, 3.8) is 0 Å². The zero-order valence-corrected chi connectivity index (χ0v) is 24.7. The van der Waals surface area contributed by atoms with Crippen LogP contribution in [0, 0.1) is 12.7 Å². The molecule has 2 atom stereocenters. The number of aryl methyl sites for hydroxylation is 1. The van der Waals surface area contributed by atoms with Gasteiger partial charge in [0, 0.05) is 27.8 Å². The van der Waals surface area contributed by atoms with E-state index < -0.39 is 17.8 Å². The van der Waals surface area contributed by atoms with Crippen LogP contribution in [-0.4, -0.2) is 18.3 Å². The third-order valence-corrected chi connectivity index (χ3v) is 7.85. The first-order valence-corrected chi connectivity index (χ1v) is 14.4. The van der Waals surface area contributed by atoms with E-state index >= 15 is 0 Å². The summed E-state index contributed by atoms with van der Waals surface area (Å²) in [4.78, 5) is 0. The van der Waals surface area contributed by atoms with Crippen LogP contribution < -0.4 is 10.1 Å². The predicted octanol–water partition coefficient (Wildman–Crippen LogP) is 8.57. The molecular formula is C34H35BrFNO3. The maximum absolute atomic E-state index is 14.6. The second-order valence-corrected chi connectivity index (χ2v) is 11.6. The van der Waals surface area contributed by atoms with E-state index in [0.29, 0.717) is 23.2 Å². The number of fused-ring (bicyclic) bond motifs is 1. The highest BCUT2D eigenvalue weighted by molar-refractivity contribution is 9.10. The van der Waals surface area contributed by atoms with E-state index in [1.165, 1.54) is 22.8 Å². The minimum atomic E-state index is -0.702. The quantitative estimate of drug-likeness (QED) is 0.197. The summed E-state index contributed by atoms with van der Waals surface area (Å²) in [5.41, 5.74) is 5.37. The molecular weight excluding hydrogens is 569 g/mol. The second kappa shape index (κ2) is 12.5. The van der Waals surface area contributed by atoms with Gasteiger partial charge in [-0.3, -0.25) is 0 Å². The van der Waals surface area contributed by atoms with Crippen molar-refractivity contribution in [2.24, 2.45) is 0 Å². The number of halogens is 2. The summed E-state index contributed by atoms with van der Waals surface area (Å²) in [5, 5.41) is 3.55. The minimum Gasteiger partial charge on any atom is -0.485 e. The molecule has 1 aliphatic heterocycles. The highest BCUT2D eigenvalue weighted by atomic mass is 79.9. The highest BCUT2D eigenvalue weighted by Crippen LogP contribution is 2.44. The third kappa shape index (κ3) is 6.74. The largest absolute Gasteiger partial charge is 0.485 e. The lowest BCUT2D eigenvalue weighted by Gasteiger charge is -2.44. The molecule has 0 bridgehead atoms. The maximum atomic E-state index is 14.6. The van der Waals surface area contributed by atoms with E-state index in [4.69, 9.17) is 14.2 Å². The van der Waals surface area contributed by atoms with Gasteiger partial charge < -0.3 is 19.5 Å². The SMILES string of the molecule is Cc1ccccc1CNc1ccc2c(c1)C(OCCc1ccccc1)C(OCc1ccc(Br)cc1F)C(C)(C)O2. The van der Waals surface area contributed by atoms with Gasteiger partial charge in [-0.05, 0) is 74.2 Å². The summed E-state index contributed by atoms with van der Waals surface area (Å²) < 4.78 is 34.8. The molecule has 0 aliphatic carbocycles. The predicted molar refractivity (Wildman–Crippen MR) is 161 cm³/mol. The van der Waals surface area contributed by atoms with Gasteiger partial charge in [0.15, 0.2) is 0 Å². The van der Waals surface area contributed by atoms with Gasteiger partial charge in [0.2, 0.25) is 0 Å². The van der Waals surface area contributed by atoms with Crippen LogP contribution in [0.15, 0.2) is 95.5 Å². The molecule has 5 rings (SSSR count). The first kappa shape index (κ1) is 28.3. The second-order valence-electron chi connectivity index (χ2n) is 10.7. The molecule has 0 radical (unpaired) electrons. The van der Waals surface area contributed by atoms with E-state index in [9.17, 15) is 4.39 Å². The Morgan fingerprint density at radius 3 is 2.45 bits per heavy atom. The molecule has 0 saturated carbocycles. The van der Waals surface area contributed by atoms with Crippen molar-refractivity contribution >= 4 is 21.6 Å². The Morgan fingerprint density at radius 2 is 1.68 bits per heavy atom. The Morgan fingerprint density at radius 1 is 0.900 bits per heavy atom. The molecule has 1 aliphatic rings. The zero-order valence-electron chi connectivity index (χ0n) is 23.1. The van der Waals surface area contributed by atoms with Crippen LogP contribution in [0.25, 0.3) is 0 Å². The number of anilines is 1. The van der Waals surface area contributed by atoms with Crippen molar-refractivity contribution in [2.75, 3.05) is 11.9 Å². The molecule has 1 N–H and O–H groups in total. The standard InChI is InChI=1S/C34H35BrFNO3/c1-23-9-7-8-12-25(23)21-37-28-15-16-31-29(20-28)32(38-18-17-24-10-5-4-6-11-24)33(34(2,3)40-31)39-22-26-13-14-27(35)19-30(26)36/h4-16,19-20,32-33,37H,17-18,21-22H2,1-3H3. The number of nitrogens with one attached hydrogen (secondary N) is 1. The molecule has 0 aromatic heterocycles. The summed E-state index contributed by atoms with van der Waals surface area (Å²) in [6.45, 7) is 7.44. The topological polar surface area (TPSA) is 39.7 Å². The van der Waals surface area contributed by atoms with Gasteiger partial charge >= 0.3 is 0 Å². The van der Waals surface area contributed by atoms with Crippen LogP contribution >= 0.6 is 15.9 Å². The van der Waals surface area contributed by atoms with Crippen LogP contribution in [-0.2, 0) is 29.0 Å². The molecule has 40 heavy (non-hydrogen) atoms. The van der Waals surface area contributed by atoms with Crippen LogP contribution in [0.2, 0.25) is 0 Å². The summed E-state index contributed by atoms with van der Waals surface area (Å²) in [5.74, 6) is 0.458. The first-order valence-electron chi connectivity index (χ1n) is 13.6. The number of rotatable bonds is 10. The van der Waals surface area contributed by atoms with Crippen molar-refractivity contribution in [1.29, 1.82) is 0 Å². The average molecular weight is 605 g/mol. The van der Waals surface area contributed by atoms with Gasteiger partial charge in [-0.25, -0.2) is 4.39 Å². The lowest BCUT2D eigenvalue weighted by Crippen LogP contribution is -2.51. The Bertz CT molecular complexity index is 1440. The summed E-state index contributed by atoms with van der Waals surface area (Å²) in [6.07, 6.45) is -0.0978. The fraction of sp³-hybridized carbons (Fsp3) is 0.294. The smallest absolute Gasteiger partial charge is 0.132 e. The number of hydrogen-bond donors (Lipinski definition) is 1. The Balaban J connectivity index is 1.41. The highest BCUT2D eigenvalue weighted by Gasteiger charge is 2.45. The molecule has 6 heteroatoms. The van der Waals surface area contributed by atoms with Crippen molar-refractivity contribution in [3.05, 3.63) is 129 Å². The molecule has 4 aromatic rings. The number of benzene rings is 4. The molecule has 208 valence electrons. The van der Waals surface area contributed by atoms with Crippen LogP contribution in [0.3, 0.4) is 0 Å². The van der Waals surface area contributed by atoms with E-state index in [1.54, 1.807) is 6.07 Å². The fourth-order valence-corrected chi connectivity index (χ4v) is 5.41. The van der Waals surface area contributed by atoms with Crippen molar-refractivity contribution in [2.45, 2.75) is 58.2 Å². The molecule has 1 heterocycles. The molecule has 0 saturated heterocycles. The Labute approximate surface area is 244 Å². The maximum Gasteiger partial charge on any atom is 0.132 e. The van der Waals surface area contributed by atoms with E-state index in [2.05, 4.69) is 70.6 Å². The van der Waals surface area contributed by atoms with Crippen LogP contribution in [0.4, 0.5) is 10.1 Å². The van der Waals surface area contributed by atoms with Crippen molar-refractivity contribution < 1.29 is 18.6 Å². The lowest BCUT2D eigenvalue weighted by atomic mass is 9.87. The number of ether oxygens (including phenoxy) is 3. The Kier molecular flexibility index (Phi) is 8.89. The molecule has 0 amide bonds. The van der Waals surface area contributed by atoms with E-state index in [0.717, 1.165) is 23.4 Å². The lowest BCUT2D eigenvalue weighted by molar-refractivity contribution is -0.167. The minimum absolute atomic E-state index is 0.107. The van der Waals surface area contributed by atoms with Gasteiger partial charge in [0.1, 0.15) is 29.4 Å². The van der Waals surface area contributed by atoms with Crippen LogP contribution in [0.5, 0.6) is 5.75 Å². The monoisotopic (exact) mass is 603 g/mol.